The molecule has 2 aliphatic rings. The van der Waals surface area contributed by atoms with Crippen LogP contribution < -0.4 is 0 Å². The fourth-order valence-electron chi connectivity index (χ4n) is 4.97. The van der Waals surface area contributed by atoms with Gasteiger partial charge in [-0.3, -0.25) is 4.79 Å². The lowest BCUT2D eigenvalue weighted by molar-refractivity contribution is -0.143. The molecular weight excluding hydrogens is 260 g/mol. The summed E-state index contributed by atoms with van der Waals surface area (Å²) in [5.41, 5.74) is 0.579. The topological polar surface area (TPSA) is 37.3 Å². The normalized spacial score (nSPS) is 29.2. The minimum Gasteiger partial charge on any atom is -0.481 e. The second-order valence-electron chi connectivity index (χ2n) is 7.62. The zero-order chi connectivity index (χ0) is 15.1. The zero-order valence-corrected chi connectivity index (χ0v) is 13.9. The van der Waals surface area contributed by atoms with Crippen molar-refractivity contribution in [3.8, 4) is 0 Å². The van der Waals surface area contributed by atoms with Gasteiger partial charge >= 0.3 is 5.97 Å². The third-order valence-corrected chi connectivity index (χ3v) is 6.32. The van der Waals surface area contributed by atoms with Crippen molar-refractivity contribution < 1.29 is 9.90 Å². The van der Waals surface area contributed by atoms with E-state index in [4.69, 9.17) is 0 Å². The van der Waals surface area contributed by atoms with E-state index in [0.29, 0.717) is 5.41 Å². The Morgan fingerprint density at radius 3 is 2.24 bits per heavy atom. The van der Waals surface area contributed by atoms with Gasteiger partial charge < -0.3 is 5.11 Å². The molecule has 0 aromatic rings. The van der Waals surface area contributed by atoms with Crippen molar-refractivity contribution in [1.82, 2.24) is 0 Å². The van der Waals surface area contributed by atoms with Crippen molar-refractivity contribution in [3.63, 3.8) is 0 Å². The van der Waals surface area contributed by atoms with E-state index in [9.17, 15) is 9.90 Å². The summed E-state index contributed by atoms with van der Waals surface area (Å²) in [6, 6.07) is 0. The molecule has 21 heavy (non-hydrogen) atoms. The van der Waals surface area contributed by atoms with Crippen LogP contribution in [0, 0.1) is 17.3 Å². The maximum absolute atomic E-state index is 11.2. The molecule has 2 heteroatoms. The van der Waals surface area contributed by atoms with Crippen molar-refractivity contribution in [3.05, 3.63) is 0 Å². The van der Waals surface area contributed by atoms with Crippen LogP contribution in [0.2, 0.25) is 0 Å². The van der Waals surface area contributed by atoms with E-state index >= 15 is 0 Å². The Labute approximate surface area is 130 Å². The van der Waals surface area contributed by atoms with Gasteiger partial charge in [0.15, 0.2) is 0 Å². The summed E-state index contributed by atoms with van der Waals surface area (Å²) in [5, 5.41) is 9.20. The highest BCUT2D eigenvalue weighted by atomic mass is 16.4. The molecular formula is C19H34O2. The van der Waals surface area contributed by atoms with E-state index in [1.807, 2.05) is 0 Å². The molecule has 0 bridgehead atoms. The second-order valence-corrected chi connectivity index (χ2v) is 7.62. The molecule has 2 fully saturated rings. The average molecular weight is 294 g/mol. The molecule has 2 rings (SSSR count). The summed E-state index contributed by atoms with van der Waals surface area (Å²) >= 11 is 0. The van der Waals surface area contributed by atoms with E-state index in [0.717, 1.165) is 18.8 Å². The van der Waals surface area contributed by atoms with Crippen LogP contribution in [0.5, 0.6) is 0 Å². The lowest BCUT2D eigenvalue weighted by atomic mass is 9.59. The molecule has 0 aliphatic heterocycles. The average Bonchev–Trinajstić information content (AvgIpc) is 2.53. The van der Waals surface area contributed by atoms with Crippen molar-refractivity contribution in [2.45, 2.75) is 96.8 Å². The predicted molar refractivity (Wildman–Crippen MR) is 87.4 cm³/mol. The van der Waals surface area contributed by atoms with Gasteiger partial charge in [0, 0.05) is 0 Å². The highest BCUT2D eigenvalue weighted by Crippen LogP contribution is 2.52. The maximum atomic E-state index is 11.2. The number of carboxylic acid groups (broad SMARTS) is 1. The fourth-order valence-corrected chi connectivity index (χ4v) is 4.97. The molecule has 0 saturated heterocycles. The maximum Gasteiger partial charge on any atom is 0.306 e. The van der Waals surface area contributed by atoms with E-state index in [1.165, 1.54) is 77.0 Å². The van der Waals surface area contributed by atoms with Gasteiger partial charge in [0.05, 0.1) is 5.92 Å². The van der Waals surface area contributed by atoms with Crippen LogP contribution >= 0.6 is 0 Å². The van der Waals surface area contributed by atoms with Crippen LogP contribution in [0.15, 0.2) is 0 Å². The summed E-state index contributed by atoms with van der Waals surface area (Å²) in [6.07, 6.45) is 18.2. The molecule has 0 radical (unpaired) electrons. The van der Waals surface area contributed by atoms with Gasteiger partial charge in [0.25, 0.3) is 0 Å². The molecule has 0 aromatic heterocycles. The molecule has 1 N–H and O–H groups in total. The minimum absolute atomic E-state index is 0.0537. The standard InChI is InChI=1S/C19H34O2/c1-2-3-4-6-13-19(14-7-5-8-15-19)17-11-9-16(10-12-17)18(20)21/h16-17H,2-15H2,1H3,(H,20,21). The number of aliphatic carboxylic acids is 1. The summed E-state index contributed by atoms with van der Waals surface area (Å²) in [4.78, 5) is 11.2. The van der Waals surface area contributed by atoms with Crippen molar-refractivity contribution >= 4 is 5.97 Å². The summed E-state index contributed by atoms with van der Waals surface area (Å²) in [7, 11) is 0. The number of hydrogen-bond donors (Lipinski definition) is 1. The molecule has 2 saturated carbocycles. The van der Waals surface area contributed by atoms with Crippen LogP contribution in [-0.4, -0.2) is 11.1 Å². The number of carboxylic acids is 1. The lowest BCUT2D eigenvalue weighted by Crippen LogP contribution is -2.36. The Balaban J connectivity index is 1.91. The van der Waals surface area contributed by atoms with Gasteiger partial charge in [-0.25, -0.2) is 0 Å². The molecule has 0 unspecified atom stereocenters. The Hall–Kier alpha value is -0.530. The van der Waals surface area contributed by atoms with Crippen molar-refractivity contribution in [1.29, 1.82) is 0 Å². The molecule has 0 amide bonds. The molecule has 0 aromatic carbocycles. The van der Waals surface area contributed by atoms with Gasteiger partial charge in [-0.15, -0.1) is 0 Å². The molecule has 2 aliphatic carbocycles. The Bertz CT molecular complexity index is 310. The van der Waals surface area contributed by atoms with Gasteiger partial charge in [0.2, 0.25) is 0 Å². The Kier molecular flexibility index (Phi) is 6.57. The third-order valence-electron chi connectivity index (χ3n) is 6.32. The molecule has 0 heterocycles. The SMILES string of the molecule is CCCCCCC1(C2CCC(C(=O)O)CC2)CCCCC1. The molecule has 2 nitrogen and oxygen atoms in total. The number of unbranched alkanes of at least 4 members (excludes halogenated alkanes) is 3. The summed E-state index contributed by atoms with van der Waals surface area (Å²) in [6.45, 7) is 2.28. The Morgan fingerprint density at radius 2 is 1.67 bits per heavy atom. The van der Waals surface area contributed by atoms with Crippen LogP contribution in [0.3, 0.4) is 0 Å². The van der Waals surface area contributed by atoms with Crippen LogP contribution in [0.1, 0.15) is 96.8 Å². The number of rotatable bonds is 7. The molecule has 122 valence electrons. The third kappa shape index (κ3) is 4.47. The van der Waals surface area contributed by atoms with E-state index in [-0.39, 0.29) is 5.92 Å². The quantitative estimate of drug-likeness (QED) is 0.603. The first kappa shape index (κ1) is 16.8. The number of carbonyl (C=O) groups is 1. The van der Waals surface area contributed by atoms with Crippen LogP contribution in [0.4, 0.5) is 0 Å². The smallest absolute Gasteiger partial charge is 0.306 e. The predicted octanol–water partition coefficient (Wildman–Crippen LogP) is 5.80. The van der Waals surface area contributed by atoms with Crippen LogP contribution in [0.25, 0.3) is 0 Å². The summed E-state index contributed by atoms with van der Waals surface area (Å²) in [5.74, 6) is 0.200. The highest BCUT2D eigenvalue weighted by Gasteiger charge is 2.41. The Morgan fingerprint density at radius 1 is 1.00 bits per heavy atom. The first-order valence-corrected chi connectivity index (χ1v) is 9.41. The van der Waals surface area contributed by atoms with Gasteiger partial charge in [0.1, 0.15) is 0 Å². The summed E-state index contributed by atoms with van der Waals surface area (Å²) < 4.78 is 0. The number of hydrogen-bond acceptors (Lipinski definition) is 1. The highest BCUT2D eigenvalue weighted by molar-refractivity contribution is 5.70. The fraction of sp³-hybridized carbons (Fsp3) is 0.947. The lowest BCUT2D eigenvalue weighted by Gasteiger charge is -2.46. The van der Waals surface area contributed by atoms with E-state index in [1.54, 1.807) is 0 Å². The second kappa shape index (κ2) is 8.19. The monoisotopic (exact) mass is 294 g/mol. The zero-order valence-electron chi connectivity index (χ0n) is 13.9. The largest absolute Gasteiger partial charge is 0.481 e. The van der Waals surface area contributed by atoms with E-state index < -0.39 is 5.97 Å². The molecule has 0 spiro atoms. The van der Waals surface area contributed by atoms with Gasteiger partial charge in [-0.2, -0.15) is 0 Å². The van der Waals surface area contributed by atoms with Crippen LogP contribution in [-0.2, 0) is 4.79 Å². The molecule has 0 atom stereocenters. The first-order chi connectivity index (χ1) is 10.2. The van der Waals surface area contributed by atoms with Crippen molar-refractivity contribution in [2.24, 2.45) is 17.3 Å². The van der Waals surface area contributed by atoms with Crippen molar-refractivity contribution in [2.75, 3.05) is 0 Å². The van der Waals surface area contributed by atoms with Gasteiger partial charge in [-0.05, 0) is 56.3 Å². The van der Waals surface area contributed by atoms with E-state index in [2.05, 4.69) is 6.92 Å². The van der Waals surface area contributed by atoms with Gasteiger partial charge in [-0.1, -0.05) is 51.9 Å². The first-order valence-electron chi connectivity index (χ1n) is 9.41. The minimum atomic E-state index is -0.561.